The van der Waals surface area contributed by atoms with Crippen molar-refractivity contribution in [3.63, 3.8) is 0 Å². The number of thiophene rings is 1. The molecule has 0 aliphatic carbocycles. The Bertz CT molecular complexity index is 3100. The Kier molecular flexibility index (Phi) is 6.05. The van der Waals surface area contributed by atoms with Gasteiger partial charge in [-0.3, -0.25) is 0 Å². The molecule has 51 heavy (non-hydrogen) atoms. The minimum atomic E-state index is 0.611. The lowest BCUT2D eigenvalue weighted by Crippen LogP contribution is -2.01. The number of fused-ring (bicyclic) bond motifs is 9. The third-order valence-electron chi connectivity index (χ3n) is 9.84. The summed E-state index contributed by atoms with van der Waals surface area (Å²) in [6, 6.07) is 55.0. The smallest absolute Gasteiger partial charge is 0.164 e. The van der Waals surface area contributed by atoms with E-state index in [1.807, 2.05) is 59.9 Å². The van der Waals surface area contributed by atoms with E-state index in [-0.39, 0.29) is 0 Å². The van der Waals surface area contributed by atoms with Crippen LogP contribution in [0.25, 0.3) is 104 Å². The molecular weight excluding hydrogens is 645 g/mol. The van der Waals surface area contributed by atoms with Crippen LogP contribution in [0.4, 0.5) is 0 Å². The zero-order valence-electron chi connectivity index (χ0n) is 27.1. The van der Waals surface area contributed by atoms with Gasteiger partial charge in [0.05, 0.1) is 21.4 Å². The Labute approximate surface area is 295 Å². The Balaban J connectivity index is 1.21. The monoisotopic (exact) mass is 670 g/mol. The van der Waals surface area contributed by atoms with Crippen molar-refractivity contribution in [1.29, 1.82) is 0 Å². The lowest BCUT2D eigenvalue weighted by molar-refractivity contribution is 0.669. The van der Waals surface area contributed by atoms with E-state index < -0.39 is 0 Å². The van der Waals surface area contributed by atoms with Crippen molar-refractivity contribution in [2.75, 3.05) is 0 Å². The van der Waals surface area contributed by atoms with Crippen molar-refractivity contribution in [2.45, 2.75) is 0 Å². The van der Waals surface area contributed by atoms with Gasteiger partial charge in [0.1, 0.15) is 11.2 Å². The third-order valence-corrected chi connectivity index (χ3v) is 11.0. The first-order chi connectivity index (χ1) is 25.3. The van der Waals surface area contributed by atoms with Crippen molar-refractivity contribution in [1.82, 2.24) is 19.5 Å². The summed E-state index contributed by atoms with van der Waals surface area (Å²) in [4.78, 5) is 15.5. The highest BCUT2D eigenvalue weighted by Gasteiger charge is 2.20. The summed E-state index contributed by atoms with van der Waals surface area (Å²) in [5.41, 5.74) is 7.90. The number of rotatable bonds is 4. The van der Waals surface area contributed by atoms with Gasteiger partial charge in [0.2, 0.25) is 0 Å². The van der Waals surface area contributed by atoms with Gasteiger partial charge in [-0.2, -0.15) is 0 Å². The molecule has 6 heteroatoms. The minimum absolute atomic E-state index is 0.611. The van der Waals surface area contributed by atoms with Crippen LogP contribution in [0.3, 0.4) is 0 Å². The maximum absolute atomic E-state index is 6.15. The van der Waals surface area contributed by atoms with Crippen molar-refractivity contribution < 1.29 is 4.42 Å². The number of hydrogen-bond donors (Lipinski definition) is 0. The summed E-state index contributed by atoms with van der Waals surface area (Å²) in [5, 5.41) is 6.95. The zero-order valence-corrected chi connectivity index (χ0v) is 27.9. The Morgan fingerprint density at radius 1 is 0.412 bits per heavy atom. The quantitative estimate of drug-likeness (QED) is 0.187. The predicted octanol–water partition coefficient (Wildman–Crippen LogP) is 12.2. The van der Waals surface area contributed by atoms with Crippen LogP contribution in [0.1, 0.15) is 0 Å². The van der Waals surface area contributed by atoms with E-state index in [2.05, 4.69) is 114 Å². The lowest BCUT2D eigenvalue weighted by Gasteiger charge is -2.13. The molecule has 0 aliphatic rings. The average molecular weight is 671 g/mol. The van der Waals surface area contributed by atoms with Crippen LogP contribution in [0.2, 0.25) is 0 Å². The first-order valence-electron chi connectivity index (χ1n) is 16.9. The zero-order chi connectivity index (χ0) is 33.5. The number of hydrogen-bond acceptors (Lipinski definition) is 5. The second-order valence-electron chi connectivity index (χ2n) is 12.8. The first kappa shape index (κ1) is 28.2. The van der Waals surface area contributed by atoms with Gasteiger partial charge in [-0.15, -0.1) is 11.3 Å². The van der Waals surface area contributed by atoms with Crippen LogP contribution in [-0.2, 0) is 0 Å². The Morgan fingerprint density at radius 2 is 0.980 bits per heavy atom. The average Bonchev–Trinajstić information content (AvgIpc) is 3.87. The fourth-order valence-corrected chi connectivity index (χ4v) is 8.69. The molecule has 0 N–H and O–H groups in total. The van der Waals surface area contributed by atoms with E-state index in [9.17, 15) is 0 Å². The number of aromatic nitrogens is 4. The van der Waals surface area contributed by atoms with Gasteiger partial charge in [0, 0.05) is 53.7 Å². The summed E-state index contributed by atoms with van der Waals surface area (Å²) in [6.07, 6.45) is 0. The van der Waals surface area contributed by atoms with E-state index >= 15 is 0 Å². The first-order valence-corrected chi connectivity index (χ1v) is 17.8. The molecule has 0 amide bonds. The second-order valence-corrected chi connectivity index (χ2v) is 13.9. The van der Waals surface area contributed by atoms with Crippen LogP contribution in [0.15, 0.2) is 162 Å². The molecule has 4 aromatic heterocycles. The van der Waals surface area contributed by atoms with E-state index in [4.69, 9.17) is 19.4 Å². The summed E-state index contributed by atoms with van der Waals surface area (Å²) in [5.74, 6) is 1.86. The van der Waals surface area contributed by atoms with E-state index in [1.165, 1.54) is 30.9 Å². The van der Waals surface area contributed by atoms with E-state index in [0.717, 1.165) is 55.3 Å². The van der Waals surface area contributed by atoms with Crippen LogP contribution in [-0.4, -0.2) is 19.5 Å². The highest BCUT2D eigenvalue weighted by molar-refractivity contribution is 7.26. The van der Waals surface area contributed by atoms with Crippen molar-refractivity contribution in [3.8, 4) is 39.9 Å². The highest BCUT2D eigenvalue weighted by atomic mass is 32.1. The molecular formula is C45H26N4OS. The van der Waals surface area contributed by atoms with Gasteiger partial charge in [-0.05, 0) is 54.6 Å². The van der Waals surface area contributed by atoms with Crippen molar-refractivity contribution in [2.24, 2.45) is 0 Å². The molecule has 11 aromatic rings. The van der Waals surface area contributed by atoms with E-state index in [1.54, 1.807) is 0 Å². The fraction of sp³-hybridized carbons (Fsp3) is 0. The van der Waals surface area contributed by atoms with Crippen LogP contribution in [0, 0.1) is 0 Å². The summed E-state index contributed by atoms with van der Waals surface area (Å²) in [6.45, 7) is 0. The standard InChI is InChI=1S/C45H26N4OS/c1-2-12-27(13-3-1)43-46-44(28-22-23-40-34(24-28)32-16-6-10-20-39(32)50-40)48-45(47-43)29-25-35-33-17-7-11-21-41(33)51-42(35)38(26-29)49-36-18-8-4-14-30(36)31-15-5-9-19-37(31)49/h1-26H. The topological polar surface area (TPSA) is 56.7 Å². The largest absolute Gasteiger partial charge is 0.456 e. The summed E-state index contributed by atoms with van der Waals surface area (Å²) < 4.78 is 11.0. The van der Waals surface area contributed by atoms with E-state index in [0.29, 0.717) is 17.5 Å². The molecule has 0 unspecified atom stereocenters. The molecule has 0 radical (unpaired) electrons. The van der Waals surface area contributed by atoms with Gasteiger partial charge in [-0.25, -0.2) is 15.0 Å². The molecule has 0 atom stereocenters. The predicted molar refractivity (Wildman–Crippen MR) is 211 cm³/mol. The third kappa shape index (κ3) is 4.37. The molecule has 0 aliphatic heterocycles. The summed E-state index contributed by atoms with van der Waals surface area (Å²) in [7, 11) is 0. The fourth-order valence-electron chi connectivity index (χ4n) is 7.50. The molecule has 0 saturated carbocycles. The maximum Gasteiger partial charge on any atom is 0.164 e. The number of furan rings is 1. The molecule has 7 aromatic carbocycles. The highest BCUT2D eigenvalue weighted by Crippen LogP contribution is 2.43. The molecule has 0 spiro atoms. The molecule has 238 valence electrons. The van der Waals surface area contributed by atoms with Gasteiger partial charge in [0.15, 0.2) is 17.5 Å². The van der Waals surface area contributed by atoms with Crippen LogP contribution < -0.4 is 0 Å². The molecule has 0 fully saturated rings. The van der Waals surface area contributed by atoms with Crippen LogP contribution >= 0.6 is 11.3 Å². The van der Waals surface area contributed by atoms with Crippen molar-refractivity contribution in [3.05, 3.63) is 158 Å². The summed E-state index contributed by atoms with van der Waals surface area (Å²) >= 11 is 1.83. The number of para-hydroxylation sites is 3. The SMILES string of the molecule is c1ccc(-c2nc(-c3ccc4oc5ccccc5c4c3)nc(-c3cc(-n4c5ccccc5c5ccccc54)c4sc5ccccc5c4c3)n2)cc1. The number of nitrogens with zero attached hydrogens (tertiary/aromatic N) is 4. The molecule has 11 rings (SSSR count). The Morgan fingerprint density at radius 3 is 1.75 bits per heavy atom. The molecule has 0 saturated heterocycles. The van der Waals surface area contributed by atoms with Crippen LogP contribution in [0.5, 0.6) is 0 Å². The second kappa shape index (κ2) is 10.9. The molecule has 4 heterocycles. The van der Waals surface area contributed by atoms with Gasteiger partial charge in [0.25, 0.3) is 0 Å². The Hall–Kier alpha value is -6.63. The number of benzene rings is 7. The van der Waals surface area contributed by atoms with Gasteiger partial charge in [-0.1, -0.05) is 103 Å². The molecule has 5 nitrogen and oxygen atoms in total. The minimum Gasteiger partial charge on any atom is -0.456 e. The normalized spacial score (nSPS) is 11.9. The van der Waals surface area contributed by atoms with Crippen molar-refractivity contribution >= 4 is 75.3 Å². The lowest BCUT2D eigenvalue weighted by atomic mass is 10.1. The van der Waals surface area contributed by atoms with Gasteiger partial charge >= 0.3 is 0 Å². The maximum atomic E-state index is 6.15. The molecule has 0 bridgehead atoms. The van der Waals surface area contributed by atoms with Gasteiger partial charge < -0.3 is 8.98 Å².